The zero-order valence-corrected chi connectivity index (χ0v) is 13.3. The smallest absolute Gasteiger partial charge is 0.000976 e. The van der Waals surface area contributed by atoms with Crippen LogP contribution in [0, 0.1) is 17.8 Å². The molecule has 1 aliphatic rings. The maximum absolute atomic E-state index is 2.72. The summed E-state index contributed by atoms with van der Waals surface area (Å²) in [4.78, 5) is 2.72. The second-order valence-corrected chi connectivity index (χ2v) is 6.58. The van der Waals surface area contributed by atoms with Gasteiger partial charge in [-0.3, -0.25) is 0 Å². The van der Waals surface area contributed by atoms with E-state index in [0.717, 1.165) is 17.8 Å². The first kappa shape index (κ1) is 16.0. The highest BCUT2D eigenvalue weighted by atomic mass is 15.1. The van der Waals surface area contributed by atoms with Crippen LogP contribution in [0.15, 0.2) is 0 Å². The summed E-state index contributed by atoms with van der Waals surface area (Å²) in [5.74, 6) is 2.87. The Morgan fingerprint density at radius 1 is 1.00 bits per heavy atom. The van der Waals surface area contributed by atoms with Gasteiger partial charge in [0.15, 0.2) is 0 Å². The summed E-state index contributed by atoms with van der Waals surface area (Å²) in [7, 11) is 0. The summed E-state index contributed by atoms with van der Waals surface area (Å²) in [5, 5.41) is 0. The maximum atomic E-state index is 2.72. The molecule has 0 aromatic heterocycles. The third kappa shape index (κ3) is 5.73. The van der Waals surface area contributed by atoms with Crippen molar-refractivity contribution in [1.82, 2.24) is 4.90 Å². The third-order valence-corrected chi connectivity index (χ3v) is 4.68. The van der Waals surface area contributed by atoms with Crippen molar-refractivity contribution in [2.75, 3.05) is 19.6 Å². The fourth-order valence-electron chi connectivity index (χ4n) is 3.73. The van der Waals surface area contributed by atoms with Crippen LogP contribution >= 0.6 is 0 Å². The van der Waals surface area contributed by atoms with Crippen molar-refractivity contribution < 1.29 is 0 Å². The van der Waals surface area contributed by atoms with Crippen LogP contribution in [-0.4, -0.2) is 24.5 Å². The molecule has 0 spiro atoms. The van der Waals surface area contributed by atoms with Crippen molar-refractivity contribution in [3.8, 4) is 0 Å². The van der Waals surface area contributed by atoms with Crippen molar-refractivity contribution >= 4 is 0 Å². The van der Waals surface area contributed by atoms with E-state index < -0.39 is 0 Å². The van der Waals surface area contributed by atoms with Gasteiger partial charge in [-0.25, -0.2) is 0 Å². The molecular weight excluding hydrogens is 218 g/mol. The molecule has 1 heterocycles. The van der Waals surface area contributed by atoms with Crippen molar-refractivity contribution in [2.24, 2.45) is 17.8 Å². The Balaban J connectivity index is 2.44. The molecule has 3 atom stereocenters. The van der Waals surface area contributed by atoms with Gasteiger partial charge in [0.05, 0.1) is 0 Å². The summed E-state index contributed by atoms with van der Waals surface area (Å²) in [6.07, 6.45) is 9.99. The molecular formula is C17H35N. The summed E-state index contributed by atoms with van der Waals surface area (Å²) < 4.78 is 0. The topological polar surface area (TPSA) is 3.24 Å². The first-order chi connectivity index (χ1) is 8.69. The fraction of sp³-hybridized carbons (Fsp3) is 1.00. The quantitative estimate of drug-likeness (QED) is 0.620. The molecule has 0 bridgehead atoms. The lowest BCUT2D eigenvalue weighted by Crippen LogP contribution is -2.31. The predicted molar refractivity (Wildman–Crippen MR) is 81.9 cm³/mol. The Kier molecular flexibility index (Phi) is 7.97. The van der Waals surface area contributed by atoms with Crippen molar-refractivity contribution in [1.29, 1.82) is 0 Å². The highest BCUT2D eigenvalue weighted by molar-refractivity contribution is 4.77. The number of hydrogen-bond donors (Lipinski definition) is 0. The van der Waals surface area contributed by atoms with E-state index in [2.05, 4.69) is 32.6 Å². The van der Waals surface area contributed by atoms with Gasteiger partial charge < -0.3 is 4.90 Å². The van der Waals surface area contributed by atoms with Crippen LogP contribution in [0.3, 0.4) is 0 Å². The second-order valence-electron chi connectivity index (χ2n) is 6.58. The molecule has 0 aromatic rings. The van der Waals surface area contributed by atoms with Gasteiger partial charge in [-0.1, -0.05) is 47.0 Å². The van der Waals surface area contributed by atoms with Crippen LogP contribution in [0.2, 0.25) is 0 Å². The van der Waals surface area contributed by atoms with E-state index in [-0.39, 0.29) is 0 Å². The maximum Gasteiger partial charge on any atom is 0.000976 e. The summed E-state index contributed by atoms with van der Waals surface area (Å²) in [6.45, 7) is 13.4. The van der Waals surface area contributed by atoms with Gasteiger partial charge in [0.2, 0.25) is 0 Å². The van der Waals surface area contributed by atoms with E-state index in [9.17, 15) is 0 Å². The second kappa shape index (κ2) is 8.96. The number of likely N-dealkylation sites (tertiary alicyclic amines) is 1. The first-order valence-electron chi connectivity index (χ1n) is 8.41. The van der Waals surface area contributed by atoms with Gasteiger partial charge in [-0.05, 0) is 50.0 Å². The standard InChI is InChI=1S/C17H35N/c1-5-8-15(4)12-17-11-10-16(9-6-2)13-18(7-3)14-17/h15-17H,5-14H2,1-4H3. The SMILES string of the molecule is CCCC(C)CC1CCC(CCC)CN(CC)C1. The van der Waals surface area contributed by atoms with Crippen LogP contribution in [0.1, 0.15) is 72.6 Å². The van der Waals surface area contributed by atoms with Crippen LogP contribution in [-0.2, 0) is 0 Å². The summed E-state index contributed by atoms with van der Waals surface area (Å²) in [5.41, 5.74) is 0. The Morgan fingerprint density at radius 2 is 1.67 bits per heavy atom. The molecule has 1 rings (SSSR count). The molecule has 1 fully saturated rings. The molecule has 0 N–H and O–H groups in total. The van der Waals surface area contributed by atoms with E-state index in [0.29, 0.717) is 0 Å². The van der Waals surface area contributed by atoms with Gasteiger partial charge in [0.25, 0.3) is 0 Å². The minimum atomic E-state index is 0.932. The fourth-order valence-corrected chi connectivity index (χ4v) is 3.73. The van der Waals surface area contributed by atoms with Gasteiger partial charge in [-0.15, -0.1) is 0 Å². The monoisotopic (exact) mass is 253 g/mol. The average molecular weight is 253 g/mol. The Hall–Kier alpha value is -0.0400. The lowest BCUT2D eigenvalue weighted by Gasteiger charge is -2.25. The molecule has 0 saturated carbocycles. The normalized spacial score (nSPS) is 28.0. The van der Waals surface area contributed by atoms with Crippen LogP contribution in [0.5, 0.6) is 0 Å². The zero-order valence-electron chi connectivity index (χ0n) is 13.3. The van der Waals surface area contributed by atoms with E-state index >= 15 is 0 Å². The molecule has 0 radical (unpaired) electrons. The molecule has 3 unspecified atom stereocenters. The van der Waals surface area contributed by atoms with Crippen molar-refractivity contribution in [3.05, 3.63) is 0 Å². The number of hydrogen-bond acceptors (Lipinski definition) is 1. The minimum absolute atomic E-state index is 0.932. The number of rotatable bonds is 7. The predicted octanol–water partition coefficient (Wildman–Crippen LogP) is 4.96. The molecule has 1 heteroatoms. The number of nitrogens with zero attached hydrogens (tertiary/aromatic N) is 1. The van der Waals surface area contributed by atoms with Crippen molar-refractivity contribution in [3.63, 3.8) is 0 Å². The molecule has 1 saturated heterocycles. The molecule has 0 aliphatic carbocycles. The molecule has 0 aromatic carbocycles. The van der Waals surface area contributed by atoms with E-state index in [1.54, 1.807) is 0 Å². The van der Waals surface area contributed by atoms with Gasteiger partial charge in [0.1, 0.15) is 0 Å². The third-order valence-electron chi connectivity index (χ3n) is 4.68. The molecule has 108 valence electrons. The van der Waals surface area contributed by atoms with Gasteiger partial charge >= 0.3 is 0 Å². The Morgan fingerprint density at radius 3 is 2.28 bits per heavy atom. The lowest BCUT2D eigenvalue weighted by molar-refractivity contribution is 0.219. The van der Waals surface area contributed by atoms with Gasteiger partial charge in [-0.2, -0.15) is 0 Å². The molecule has 1 nitrogen and oxygen atoms in total. The average Bonchev–Trinajstić information content (AvgIpc) is 2.53. The highest BCUT2D eigenvalue weighted by Crippen LogP contribution is 2.28. The first-order valence-corrected chi connectivity index (χ1v) is 8.41. The van der Waals surface area contributed by atoms with Crippen LogP contribution in [0.4, 0.5) is 0 Å². The largest absolute Gasteiger partial charge is 0.303 e. The van der Waals surface area contributed by atoms with Crippen LogP contribution < -0.4 is 0 Å². The van der Waals surface area contributed by atoms with Gasteiger partial charge in [0, 0.05) is 13.1 Å². The van der Waals surface area contributed by atoms with Crippen molar-refractivity contribution in [2.45, 2.75) is 72.6 Å². The Bertz CT molecular complexity index is 202. The molecule has 0 amide bonds. The van der Waals surface area contributed by atoms with E-state index in [1.165, 1.54) is 64.6 Å². The van der Waals surface area contributed by atoms with Crippen LogP contribution in [0.25, 0.3) is 0 Å². The molecule has 18 heavy (non-hydrogen) atoms. The summed E-state index contributed by atoms with van der Waals surface area (Å²) in [6, 6.07) is 0. The Labute approximate surface area is 115 Å². The minimum Gasteiger partial charge on any atom is -0.303 e. The van der Waals surface area contributed by atoms with E-state index in [1.807, 2.05) is 0 Å². The highest BCUT2D eigenvalue weighted by Gasteiger charge is 2.23. The van der Waals surface area contributed by atoms with E-state index in [4.69, 9.17) is 0 Å². The molecule has 1 aliphatic heterocycles. The zero-order chi connectivity index (χ0) is 13.4. The summed E-state index contributed by atoms with van der Waals surface area (Å²) >= 11 is 0. The lowest BCUT2D eigenvalue weighted by atomic mass is 9.88.